The molecule has 152 valence electrons. The maximum atomic E-state index is 13.1. The maximum absolute atomic E-state index is 13.1. The Morgan fingerprint density at radius 1 is 0.643 bits per heavy atom. The van der Waals surface area contributed by atoms with E-state index in [1.807, 2.05) is 0 Å². The molecule has 28 heavy (non-hydrogen) atoms. The van der Waals surface area contributed by atoms with Crippen molar-refractivity contribution in [2.75, 3.05) is 38.0 Å². The molecule has 1 aliphatic rings. The second-order valence-corrected chi connectivity index (χ2v) is 7.72. The van der Waals surface area contributed by atoms with Crippen molar-refractivity contribution in [3.05, 3.63) is 47.5 Å². The van der Waals surface area contributed by atoms with Crippen LogP contribution in [0.25, 0.3) is 0 Å². The lowest BCUT2D eigenvalue weighted by Crippen LogP contribution is -2.47. The Bertz CT molecular complexity index is 785. The van der Waals surface area contributed by atoms with E-state index >= 15 is 0 Å². The quantitative estimate of drug-likeness (QED) is 0.715. The van der Waals surface area contributed by atoms with Gasteiger partial charge in [0.1, 0.15) is 11.5 Å². The summed E-state index contributed by atoms with van der Waals surface area (Å²) in [7, 11) is 7.22. The minimum absolute atomic E-state index is 0.169. The standard InChI is InChI=1S/C21H25N2O5/c1-22(2)11-5-7-13(15(24)9-11)17-19(26)18(21(28)20(17)27)14-8-6-12(23(3)4)10-16(14)25/h5-10,17-21,24-25H,1-4H3/q-3. The Labute approximate surface area is 164 Å². The van der Waals surface area contributed by atoms with Crippen molar-refractivity contribution in [1.29, 1.82) is 0 Å². The van der Waals surface area contributed by atoms with Crippen LogP contribution in [-0.4, -0.2) is 56.7 Å². The lowest BCUT2D eigenvalue weighted by Gasteiger charge is -2.37. The molecule has 0 radical (unpaired) electrons. The first kappa shape index (κ1) is 20.3. The van der Waals surface area contributed by atoms with Crippen LogP contribution in [0, 0.1) is 0 Å². The lowest BCUT2D eigenvalue weighted by atomic mass is 9.88. The fraction of sp³-hybridized carbons (Fsp3) is 0.429. The van der Waals surface area contributed by atoms with Gasteiger partial charge < -0.3 is 35.3 Å². The molecule has 2 aromatic rings. The molecule has 0 saturated heterocycles. The largest absolute Gasteiger partial charge is 0.852 e. The van der Waals surface area contributed by atoms with Crippen LogP contribution in [0.1, 0.15) is 23.0 Å². The molecular formula is C21H25N2O5-3. The summed E-state index contributed by atoms with van der Waals surface area (Å²) in [6.07, 6.45) is -4.98. The average Bonchev–Trinajstić information content (AvgIpc) is 2.84. The molecule has 0 bridgehead atoms. The third-order valence-electron chi connectivity index (χ3n) is 5.52. The number of rotatable bonds is 4. The molecule has 7 heteroatoms. The monoisotopic (exact) mass is 385 g/mol. The fourth-order valence-electron chi connectivity index (χ4n) is 3.90. The smallest absolute Gasteiger partial charge is 0.121 e. The molecule has 3 rings (SSSR count). The second-order valence-electron chi connectivity index (χ2n) is 7.72. The number of anilines is 2. The van der Waals surface area contributed by atoms with Gasteiger partial charge in [-0.15, -0.1) is 18.3 Å². The van der Waals surface area contributed by atoms with Gasteiger partial charge in [-0.25, -0.2) is 0 Å². The molecule has 4 atom stereocenters. The van der Waals surface area contributed by atoms with Crippen LogP contribution in [-0.2, 0) is 0 Å². The third kappa shape index (κ3) is 3.37. The molecule has 2 N–H and O–H groups in total. The lowest BCUT2D eigenvalue weighted by molar-refractivity contribution is -0.525. The minimum Gasteiger partial charge on any atom is -0.852 e. The van der Waals surface area contributed by atoms with Crippen molar-refractivity contribution in [3.8, 4) is 11.5 Å². The van der Waals surface area contributed by atoms with Crippen molar-refractivity contribution < 1.29 is 25.5 Å². The molecule has 1 aliphatic carbocycles. The normalized spacial score (nSPS) is 27.0. The Kier molecular flexibility index (Phi) is 5.43. The number of phenols is 2. The highest BCUT2D eigenvalue weighted by atomic mass is 16.3. The maximum Gasteiger partial charge on any atom is 0.121 e. The van der Waals surface area contributed by atoms with E-state index in [4.69, 9.17) is 0 Å². The van der Waals surface area contributed by atoms with Crippen molar-refractivity contribution in [3.63, 3.8) is 0 Å². The Morgan fingerprint density at radius 3 is 1.29 bits per heavy atom. The van der Waals surface area contributed by atoms with Gasteiger partial charge in [-0.05, 0) is 35.1 Å². The van der Waals surface area contributed by atoms with E-state index in [0.717, 1.165) is 11.4 Å². The second kappa shape index (κ2) is 7.50. The third-order valence-corrected chi connectivity index (χ3v) is 5.52. The predicted molar refractivity (Wildman–Crippen MR) is 102 cm³/mol. The number of hydrogen-bond acceptors (Lipinski definition) is 7. The number of benzene rings is 2. The van der Waals surface area contributed by atoms with Crippen molar-refractivity contribution in [1.82, 2.24) is 0 Å². The van der Waals surface area contributed by atoms with E-state index in [9.17, 15) is 25.5 Å². The van der Waals surface area contributed by atoms with Gasteiger partial charge in [0.25, 0.3) is 0 Å². The Morgan fingerprint density at radius 2 is 1.00 bits per heavy atom. The first-order valence-electron chi connectivity index (χ1n) is 9.11. The Hall–Kier alpha value is -2.48. The molecule has 4 unspecified atom stereocenters. The minimum atomic E-state index is -1.71. The van der Waals surface area contributed by atoms with E-state index in [0.29, 0.717) is 0 Å². The topological polar surface area (TPSA) is 116 Å². The van der Waals surface area contributed by atoms with Crippen LogP contribution >= 0.6 is 0 Å². The molecule has 1 saturated carbocycles. The van der Waals surface area contributed by atoms with E-state index in [1.54, 1.807) is 50.1 Å². The number of aromatic hydroxyl groups is 2. The van der Waals surface area contributed by atoms with Crippen LogP contribution in [0.3, 0.4) is 0 Å². The molecule has 2 aromatic carbocycles. The van der Waals surface area contributed by atoms with Gasteiger partial charge in [-0.3, -0.25) is 0 Å². The first-order chi connectivity index (χ1) is 13.1. The number of nitrogens with zero attached hydrogens (tertiary/aromatic N) is 2. The van der Waals surface area contributed by atoms with Crippen LogP contribution in [0.2, 0.25) is 0 Å². The van der Waals surface area contributed by atoms with Crippen LogP contribution in [0.4, 0.5) is 11.4 Å². The summed E-state index contributed by atoms with van der Waals surface area (Å²) in [5, 5.41) is 59.3. The van der Waals surface area contributed by atoms with E-state index in [-0.39, 0.29) is 22.6 Å². The SMILES string of the molecule is CN(C)c1ccc(C2C([O-])C([O-])C(c3ccc(N(C)C)cc3O)C2[O-])c(O)c1. The summed E-state index contributed by atoms with van der Waals surface area (Å²) in [5.74, 6) is -2.68. The van der Waals surface area contributed by atoms with Crippen molar-refractivity contribution >= 4 is 11.4 Å². The number of phenolic OH excluding ortho intramolecular Hbond substituents is 2. The van der Waals surface area contributed by atoms with Gasteiger partial charge in [-0.1, -0.05) is 12.1 Å². The summed E-state index contributed by atoms with van der Waals surface area (Å²) in [6.45, 7) is 0. The zero-order valence-corrected chi connectivity index (χ0v) is 16.4. The highest BCUT2D eigenvalue weighted by molar-refractivity contribution is 5.56. The van der Waals surface area contributed by atoms with E-state index < -0.39 is 30.1 Å². The summed E-state index contributed by atoms with van der Waals surface area (Å²) in [5.41, 5.74) is 1.82. The zero-order valence-electron chi connectivity index (χ0n) is 16.4. The summed E-state index contributed by atoms with van der Waals surface area (Å²) in [4.78, 5) is 3.57. The first-order valence-corrected chi connectivity index (χ1v) is 9.11. The van der Waals surface area contributed by atoms with Gasteiger partial charge in [0, 0.05) is 51.7 Å². The molecule has 7 nitrogen and oxygen atoms in total. The van der Waals surface area contributed by atoms with Crippen LogP contribution < -0.4 is 25.1 Å². The van der Waals surface area contributed by atoms with E-state index in [1.165, 1.54) is 24.3 Å². The molecular weight excluding hydrogens is 360 g/mol. The predicted octanol–water partition coefficient (Wildman–Crippen LogP) is -0.702. The average molecular weight is 385 g/mol. The van der Waals surface area contributed by atoms with Crippen LogP contribution in [0.5, 0.6) is 11.5 Å². The zero-order chi connectivity index (χ0) is 20.7. The summed E-state index contributed by atoms with van der Waals surface area (Å²) < 4.78 is 0. The van der Waals surface area contributed by atoms with Crippen molar-refractivity contribution in [2.45, 2.75) is 30.1 Å². The molecule has 0 spiro atoms. The van der Waals surface area contributed by atoms with Gasteiger partial charge in [0.05, 0.1) is 0 Å². The molecule has 0 amide bonds. The summed E-state index contributed by atoms with van der Waals surface area (Å²) >= 11 is 0. The summed E-state index contributed by atoms with van der Waals surface area (Å²) in [6, 6.07) is 9.43. The molecule has 0 heterocycles. The fourth-order valence-corrected chi connectivity index (χ4v) is 3.90. The van der Waals surface area contributed by atoms with Gasteiger partial charge in [0.2, 0.25) is 0 Å². The van der Waals surface area contributed by atoms with Gasteiger partial charge in [-0.2, -0.15) is 0 Å². The van der Waals surface area contributed by atoms with Gasteiger partial charge in [0.15, 0.2) is 0 Å². The number of hydrogen-bond donors (Lipinski definition) is 2. The molecule has 0 aliphatic heterocycles. The molecule has 0 aromatic heterocycles. The highest BCUT2D eigenvalue weighted by Gasteiger charge is 2.37. The highest BCUT2D eigenvalue weighted by Crippen LogP contribution is 2.46. The van der Waals surface area contributed by atoms with E-state index in [2.05, 4.69) is 0 Å². The van der Waals surface area contributed by atoms with Crippen molar-refractivity contribution in [2.24, 2.45) is 0 Å². The Balaban J connectivity index is 1.98. The molecule has 1 fully saturated rings. The van der Waals surface area contributed by atoms with Gasteiger partial charge >= 0.3 is 0 Å². The van der Waals surface area contributed by atoms with Crippen LogP contribution in [0.15, 0.2) is 36.4 Å².